The second-order valence-corrected chi connectivity index (χ2v) is 7.99. The smallest absolute Gasteiger partial charge is 0.247 e. The summed E-state index contributed by atoms with van der Waals surface area (Å²) < 4.78 is 30.6. The summed E-state index contributed by atoms with van der Waals surface area (Å²) in [5, 5.41) is 8.97. The molecule has 0 fully saturated rings. The van der Waals surface area contributed by atoms with E-state index in [4.69, 9.17) is 9.94 Å². The van der Waals surface area contributed by atoms with Crippen molar-refractivity contribution in [2.45, 2.75) is 24.2 Å². The van der Waals surface area contributed by atoms with Gasteiger partial charge in [0.1, 0.15) is 10.6 Å². The van der Waals surface area contributed by atoms with Crippen LogP contribution in [0.3, 0.4) is 0 Å². The fraction of sp³-hybridized carbons (Fsp3) is 0.316. The minimum Gasteiger partial charge on any atom is -0.495 e. The molecule has 6 nitrogen and oxygen atoms in total. The number of methoxy groups -OCH3 is 1. The van der Waals surface area contributed by atoms with E-state index in [0.717, 1.165) is 12.0 Å². The third-order valence-electron chi connectivity index (χ3n) is 4.17. The van der Waals surface area contributed by atoms with Gasteiger partial charge in [-0.25, -0.2) is 13.9 Å². The van der Waals surface area contributed by atoms with E-state index in [0.29, 0.717) is 12.8 Å². The molecule has 0 spiro atoms. The summed E-state index contributed by atoms with van der Waals surface area (Å²) in [5.74, 6) is -1.70. The van der Waals surface area contributed by atoms with Crippen LogP contribution in [0.25, 0.3) is 0 Å². The number of hydroxylamine groups is 1. The second kappa shape index (κ2) is 9.35. The maximum atomic E-state index is 12.7. The summed E-state index contributed by atoms with van der Waals surface area (Å²) in [7, 11) is -2.35. The van der Waals surface area contributed by atoms with E-state index < -0.39 is 27.4 Å². The van der Waals surface area contributed by atoms with Crippen molar-refractivity contribution < 1.29 is 23.2 Å². The van der Waals surface area contributed by atoms with Gasteiger partial charge in [0.05, 0.1) is 18.8 Å². The molecule has 140 valence electrons. The quantitative estimate of drug-likeness (QED) is 0.518. The molecule has 1 unspecified atom stereocenters. The molecule has 0 aromatic heterocycles. The van der Waals surface area contributed by atoms with Gasteiger partial charge >= 0.3 is 0 Å². The predicted octanol–water partition coefficient (Wildman–Crippen LogP) is 2.61. The number of ether oxygens (including phenoxy) is 1. The molecule has 7 heteroatoms. The molecule has 0 radical (unpaired) electrons. The summed E-state index contributed by atoms with van der Waals surface area (Å²) in [6.07, 6.45) is 1.70. The summed E-state index contributed by atoms with van der Waals surface area (Å²) in [6, 6.07) is 16.0. The molecule has 2 aromatic carbocycles. The number of para-hydroxylation sites is 1. The lowest BCUT2D eigenvalue weighted by Gasteiger charge is -2.16. The van der Waals surface area contributed by atoms with Crippen LogP contribution in [-0.2, 0) is 21.1 Å². The van der Waals surface area contributed by atoms with Gasteiger partial charge in [-0.2, -0.15) is 0 Å². The van der Waals surface area contributed by atoms with Crippen molar-refractivity contribution >= 4 is 15.7 Å². The minimum absolute atomic E-state index is 0.0429. The molecule has 0 aliphatic carbocycles. The molecular formula is C19H23NO5S. The summed E-state index contributed by atoms with van der Waals surface area (Å²) >= 11 is 0. The number of amides is 1. The fourth-order valence-corrected chi connectivity index (χ4v) is 4.58. The fourth-order valence-electron chi connectivity index (χ4n) is 2.81. The number of carbonyl (C=O) groups excluding carboxylic acids is 1. The van der Waals surface area contributed by atoms with E-state index in [9.17, 15) is 13.2 Å². The van der Waals surface area contributed by atoms with Crippen LogP contribution in [0.4, 0.5) is 0 Å². The Kier molecular flexibility index (Phi) is 7.17. The zero-order valence-electron chi connectivity index (χ0n) is 14.6. The lowest BCUT2D eigenvalue weighted by atomic mass is 10.0. The lowest BCUT2D eigenvalue weighted by Crippen LogP contribution is -2.33. The SMILES string of the molecule is COc1ccccc1S(=O)(=O)CC(CCCc1ccccc1)C(=O)NO. The number of rotatable bonds is 9. The molecular weight excluding hydrogens is 354 g/mol. The van der Waals surface area contributed by atoms with Crippen LogP contribution in [0.5, 0.6) is 5.75 Å². The number of benzene rings is 2. The molecule has 0 aliphatic heterocycles. The highest BCUT2D eigenvalue weighted by Crippen LogP contribution is 2.26. The van der Waals surface area contributed by atoms with E-state index in [1.807, 2.05) is 30.3 Å². The van der Waals surface area contributed by atoms with Gasteiger partial charge in [0.25, 0.3) is 0 Å². The monoisotopic (exact) mass is 377 g/mol. The standard InChI is InChI=1S/C19H23NO5S/c1-25-17-12-5-6-13-18(17)26(23,24)14-16(19(21)20-22)11-7-10-15-8-3-2-4-9-15/h2-6,8-9,12-13,16,22H,7,10-11,14H2,1H3,(H,20,21). The topological polar surface area (TPSA) is 92.7 Å². The van der Waals surface area contributed by atoms with Gasteiger partial charge in [0, 0.05) is 0 Å². The van der Waals surface area contributed by atoms with Gasteiger partial charge in [0.2, 0.25) is 5.91 Å². The zero-order valence-corrected chi connectivity index (χ0v) is 15.4. The highest BCUT2D eigenvalue weighted by Gasteiger charge is 2.28. The highest BCUT2D eigenvalue weighted by atomic mass is 32.2. The van der Waals surface area contributed by atoms with E-state index in [-0.39, 0.29) is 10.6 Å². The van der Waals surface area contributed by atoms with Crippen LogP contribution in [0, 0.1) is 5.92 Å². The largest absolute Gasteiger partial charge is 0.495 e. The molecule has 0 bridgehead atoms. The molecule has 0 saturated heterocycles. The van der Waals surface area contributed by atoms with Gasteiger partial charge in [-0.15, -0.1) is 0 Å². The lowest BCUT2D eigenvalue weighted by molar-refractivity contribution is -0.132. The molecule has 2 N–H and O–H groups in total. The Balaban J connectivity index is 2.10. The van der Waals surface area contributed by atoms with E-state index in [1.54, 1.807) is 23.7 Å². The van der Waals surface area contributed by atoms with Crippen LogP contribution in [0.15, 0.2) is 59.5 Å². The number of aryl methyl sites for hydroxylation is 1. The third kappa shape index (κ3) is 5.31. The number of nitrogens with one attached hydrogen (secondary N) is 1. The molecule has 26 heavy (non-hydrogen) atoms. The van der Waals surface area contributed by atoms with Gasteiger partial charge in [-0.05, 0) is 37.0 Å². The Bertz CT molecular complexity index is 821. The highest BCUT2D eigenvalue weighted by molar-refractivity contribution is 7.91. The van der Waals surface area contributed by atoms with Gasteiger partial charge in [-0.3, -0.25) is 10.0 Å². The van der Waals surface area contributed by atoms with E-state index in [1.165, 1.54) is 13.2 Å². The van der Waals surface area contributed by atoms with Crippen molar-refractivity contribution in [3.8, 4) is 5.75 Å². The maximum Gasteiger partial charge on any atom is 0.247 e. The second-order valence-electron chi connectivity index (χ2n) is 5.98. The Labute approximate surface area is 153 Å². The predicted molar refractivity (Wildman–Crippen MR) is 97.8 cm³/mol. The summed E-state index contributed by atoms with van der Waals surface area (Å²) in [5.41, 5.74) is 2.70. The summed E-state index contributed by atoms with van der Waals surface area (Å²) in [6.45, 7) is 0. The van der Waals surface area contributed by atoms with Crippen molar-refractivity contribution in [3.63, 3.8) is 0 Å². The van der Waals surface area contributed by atoms with E-state index in [2.05, 4.69) is 0 Å². The van der Waals surface area contributed by atoms with Gasteiger partial charge < -0.3 is 4.74 Å². The number of carbonyl (C=O) groups is 1. The molecule has 1 amide bonds. The zero-order chi connectivity index (χ0) is 19.0. The van der Waals surface area contributed by atoms with Crippen molar-refractivity contribution in [2.24, 2.45) is 5.92 Å². The van der Waals surface area contributed by atoms with Gasteiger partial charge in [-0.1, -0.05) is 42.5 Å². The normalized spacial score (nSPS) is 12.4. The Morgan fingerprint density at radius 3 is 2.42 bits per heavy atom. The maximum absolute atomic E-state index is 12.7. The van der Waals surface area contributed by atoms with Crippen LogP contribution in [-0.4, -0.2) is 32.4 Å². The van der Waals surface area contributed by atoms with Crippen molar-refractivity contribution in [1.29, 1.82) is 0 Å². The molecule has 0 saturated carbocycles. The molecule has 2 aromatic rings. The average Bonchev–Trinajstić information content (AvgIpc) is 2.67. The molecule has 1 atom stereocenters. The van der Waals surface area contributed by atoms with E-state index >= 15 is 0 Å². The molecule has 0 heterocycles. The Morgan fingerprint density at radius 1 is 1.12 bits per heavy atom. The van der Waals surface area contributed by atoms with Crippen molar-refractivity contribution in [1.82, 2.24) is 5.48 Å². The first kappa shape index (κ1) is 19.9. The first-order chi connectivity index (χ1) is 12.5. The van der Waals surface area contributed by atoms with Crippen LogP contribution in [0.1, 0.15) is 18.4 Å². The summed E-state index contributed by atoms with van der Waals surface area (Å²) in [4.78, 5) is 12.0. The first-order valence-corrected chi connectivity index (χ1v) is 9.97. The average molecular weight is 377 g/mol. The first-order valence-electron chi connectivity index (χ1n) is 8.31. The Morgan fingerprint density at radius 2 is 1.77 bits per heavy atom. The third-order valence-corrected chi connectivity index (χ3v) is 6.02. The number of hydrogen-bond donors (Lipinski definition) is 2. The van der Waals surface area contributed by atoms with Crippen LogP contribution < -0.4 is 10.2 Å². The van der Waals surface area contributed by atoms with Crippen LogP contribution >= 0.6 is 0 Å². The molecule has 0 aliphatic rings. The van der Waals surface area contributed by atoms with Crippen LogP contribution in [0.2, 0.25) is 0 Å². The van der Waals surface area contributed by atoms with Gasteiger partial charge in [0.15, 0.2) is 9.84 Å². The Hall–Kier alpha value is -2.38. The number of hydrogen-bond acceptors (Lipinski definition) is 5. The van der Waals surface area contributed by atoms with Crippen molar-refractivity contribution in [3.05, 3.63) is 60.2 Å². The number of sulfone groups is 1. The minimum atomic E-state index is -3.75. The molecule has 2 rings (SSSR count). The van der Waals surface area contributed by atoms with Crippen molar-refractivity contribution in [2.75, 3.05) is 12.9 Å².